The van der Waals surface area contributed by atoms with Gasteiger partial charge in [-0.15, -0.1) is 0 Å². The summed E-state index contributed by atoms with van der Waals surface area (Å²) in [5.41, 5.74) is 2.22. The molecule has 6 nitrogen and oxygen atoms in total. The van der Waals surface area contributed by atoms with Gasteiger partial charge in [0.2, 0.25) is 0 Å². The lowest BCUT2D eigenvalue weighted by Gasteiger charge is -2.13. The maximum absolute atomic E-state index is 12.2. The van der Waals surface area contributed by atoms with E-state index in [4.69, 9.17) is 4.74 Å². The van der Waals surface area contributed by atoms with E-state index in [2.05, 4.69) is 15.5 Å². The van der Waals surface area contributed by atoms with Crippen LogP contribution in [0.1, 0.15) is 29.9 Å². The average Bonchev–Trinajstić information content (AvgIpc) is 2.87. The predicted octanol–water partition coefficient (Wildman–Crippen LogP) is 1.63. The second-order valence-electron chi connectivity index (χ2n) is 5.92. The summed E-state index contributed by atoms with van der Waals surface area (Å²) >= 11 is 0. The zero-order valence-corrected chi connectivity index (χ0v) is 13.2. The zero-order valence-electron chi connectivity index (χ0n) is 13.2. The Labute approximate surface area is 129 Å². The number of carbonyl (C=O) groups is 1. The van der Waals surface area contributed by atoms with Crippen LogP contribution in [0.2, 0.25) is 0 Å². The first kappa shape index (κ1) is 16.5. The summed E-state index contributed by atoms with van der Waals surface area (Å²) in [6.07, 6.45) is -0.727. The molecule has 1 amide bonds. The van der Waals surface area contributed by atoms with Gasteiger partial charge < -0.3 is 15.2 Å². The number of H-pyrrole nitrogens is 1. The lowest BCUT2D eigenvalue weighted by atomic mass is 10.1. The number of aliphatic hydroxyl groups is 1. The second-order valence-corrected chi connectivity index (χ2v) is 5.92. The van der Waals surface area contributed by atoms with Crippen LogP contribution >= 0.6 is 0 Å². The maximum Gasteiger partial charge on any atom is 0.272 e. The van der Waals surface area contributed by atoms with Crippen molar-refractivity contribution in [2.24, 2.45) is 5.92 Å². The predicted molar refractivity (Wildman–Crippen MR) is 84.8 cm³/mol. The minimum atomic E-state index is -0.727. The van der Waals surface area contributed by atoms with Gasteiger partial charge in [0.05, 0.1) is 18.2 Å². The number of amides is 1. The van der Waals surface area contributed by atoms with Crippen LogP contribution in [0.15, 0.2) is 18.2 Å². The molecule has 0 aliphatic carbocycles. The first-order valence-electron chi connectivity index (χ1n) is 7.46. The smallest absolute Gasteiger partial charge is 0.272 e. The molecule has 0 saturated carbocycles. The van der Waals surface area contributed by atoms with E-state index in [1.165, 1.54) is 0 Å². The number of benzene rings is 1. The van der Waals surface area contributed by atoms with E-state index in [1.54, 1.807) is 0 Å². The Morgan fingerprint density at radius 3 is 2.91 bits per heavy atom. The van der Waals surface area contributed by atoms with Gasteiger partial charge in [0, 0.05) is 18.5 Å². The van der Waals surface area contributed by atoms with Crippen molar-refractivity contribution >= 4 is 16.8 Å². The SMILES string of the molecule is Cc1ccc2[nH]nc(C(=O)NCC(O)COCC(C)C)c2c1. The van der Waals surface area contributed by atoms with Gasteiger partial charge in [-0.1, -0.05) is 25.5 Å². The van der Waals surface area contributed by atoms with E-state index >= 15 is 0 Å². The van der Waals surface area contributed by atoms with E-state index in [0.717, 1.165) is 16.5 Å². The molecule has 22 heavy (non-hydrogen) atoms. The van der Waals surface area contributed by atoms with Gasteiger partial charge >= 0.3 is 0 Å². The fourth-order valence-corrected chi connectivity index (χ4v) is 2.09. The Morgan fingerprint density at radius 2 is 2.18 bits per heavy atom. The van der Waals surface area contributed by atoms with Crippen molar-refractivity contribution in [1.82, 2.24) is 15.5 Å². The molecule has 1 unspecified atom stereocenters. The normalized spacial score (nSPS) is 12.8. The van der Waals surface area contributed by atoms with E-state index in [1.807, 2.05) is 39.0 Å². The van der Waals surface area contributed by atoms with Crippen LogP contribution in [0.3, 0.4) is 0 Å². The van der Waals surface area contributed by atoms with Crippen LogP contribution in [-0.4, -0.2) is 47.1 Å². The van der Waals surface area contributed by atoms with E-state index < -0.39 is 6.10 Å². The monoisotopic (exact) mass is 305 g/mol. The summed E-state index contributed by atoms with van der Waals surface area (Å²) in [7, 11) is 0. The highest BCUT2D eigenvalue weighted by atomic mass is 16.5. The third-order valence-corrected chi connectivity index (χ3v) is 3.19. The quantitative estimate of drug-likeness (QED) is 0.725. The molecule has 3 N–H and O–H groups in total. The van der Waals surface area contributed by atoms with Crippen molar-refractivity contribution in [3.63, 3.8) is 0 Å². The number of hydrogen-bond acceptors (Lipinski definition) is 4. The minimum Gasteiger partial charge on any atom is -0.389 e. The van der Waals surface area contributed by atoms with Gasteiger partial charge in [-0.05, 0) is 25.0 Å². The number of nitrogens with one attached hydrogen (secondary N) is 2. The van der Waals surface area contributed by atoms with E-state index in [0.29, 0.717) is 18.2 Å². The third-order valence-electron chi connectivity index (χ3n) is 3.19. The van der Waals surface area contributed by atoms with Gasteiger partial charge in [0.15, 0.2) is 5.69 Å². The largest absolute Gasteiger partial charge is 0.389 e. The number of aliphatic hydroxyl groups excluding tert-OH is 1. The Kier molecular flexibility index (Phi) is 5.51. The summed E-state index contributed by atoms with van der Waals surface area (Å²) < 4.78 is 5.34. The van der Waals surface area contributed by atoms with E-state index in [9.17, 15) is 9.90 Å². The molecule has 0 saturated heterocycles. The summed E-state index contributed by atoms with van der Waals surface area (Å²) in [6, 6.07) is 5.76. The summed E-state index contributed by atoms with van der Waals surface area (Å²) in [6.45, 7) is 6.98. The Hall–Kier alpha value is -1.92. The van der Waals surface area contributed by atoms with Crippen molar-refractivity contribution < 1.29 is 14.6 Å². The average molecular weight is 305 g/mol. The number of ether oxygens (including phenoxy) is 1. The lowest BCUT2D eigenvalue weighted by molar-refractivity contribution is 0.0259. The molecule has 1 aromatic carbocycles. The molecule has 2 aromatic rings. The van der Waals surface area contributed by atoms with Crippen LogP contribution in [0.25, 0.3) is 10.9 Å². The molecule has 0 aliphatic rings. The number of aryl methyl sites for hydroxylation is 1. The summed E-state index contributed by atoms with van der Waals surface area (Å²) in [4.78, 5) is 12.2. The molecule has 0 radical (unpaired) electrons. The molecule has 0 spiro atoms. The lowest BCUT2D eigenvalue weighted by Crippen LogP contribution is -2.35. The fourth-order valence-electron chi connectivity index (χ4n) is 2.09. The second kappa shape index (κ2) is 7.38. The van der Waals surface area contributed by atoms with Crippen molar-refractivity contribution in [1.29, 1.82) is 0 Å². The summed E-state index contributed by atoms with van der Waals surface area (Å²) in [5, 5.41) is 20.1. The van der Waals surface area contributed by atoms with Crippen molar-refractivity contribution in [2.75, 3.05) is 19.8 Å². The van der Waals surface area contributed by atoms with Crippen LogP contribution in [0, 0.1) is 12.8 Å². The molecule has 2 rings (SSSR count). The van der Waals surface area contributed by atoms with Crippen molar-refractivity contribution in [3.05, 3.63) is 29.5 Å². The molecular formula is C16H23N3O3. The topological polar surface area (TPSA) is 87.2 Å². The standard InChI is InChI=1S/C16H23N3O3/c1-10(2)8-22-9-12(20)7-17-16(21)15-13-6-11(3)4-5-14(13)18-19-15/h4-6,10,12,20H,7-9H2,1-3H3,(H,17,21)(H,18,19). The number of aromatic nitrogens is 2. The maximum atomic E-state index is 12.2. The van der Waals surface area contributed by atoms with Gasteiger partial charge in [0.1, 0.15) is 0 Å². The first-order chi connectivity index (χ1) is 10.5. The fraction of sp³-hybridized carbons (Fsp3) is 0.500. The molecule has 120 valence electrons. The molecule has 0 bridgehead atoms. The third kappa shape index (κ3) is 4.29. The number of carbonyl (C=O) groups excluding carboxylic acids is 1. The Bertz CT molecular complexity index is 637. The highest BCUT2D eigenvalue weighted by Gasteiger charge is 2.15. The van der Waals surface area contributed by atoms with Crippen molar-refractivity contribution in [3.8, 4) is 0 Å². The molecular weight excluding hydrogens is 282 g/mol. The highest BCUT2D eigenvalue weighted by Crippen LogP contribution is 2.17. The van der Waals surface area contributed by atoms with Gasteiger partial charge in [-0.25, -0.2) is 0 Å². The van der Waals surface area contributed by atoms with Gasteiger partial charge in [-0.2, -0.15) is 5.10 Å². The highest BCUT2D eigenvalue weighted by molar-refractivity contribution is 6.04. The molecule has 1 atom stereocenters. The summed E-state index contributed by atoms with van der Waals surface area (Å²) in [5.74, 6) is 0.111. The molecule has 6 heteroatoms. The number of nitrogens with zero attached hydrogens (tertiary/aromatic N) is 1. The van der Waals surface area contributed by atoms with Crippen LogP contribution in [-0.2, 0) is 4.74 Å². The molecule has 0 aliphatic heterocycles. The zero-order chi connectivity index (χ0) is 16.1. The van der Waals surface area contributed by atoms with Crippen LogP contribution in [0.4, 0.5) is 0 Å². The molecule has 1 aromatic heterocycles. The molecule has 1 heterocycles. The van der Waals surface area contributed by atoms with Crippen LogP contribution in [0.5, 0.6) is 0 Å². The molecule has 0 fully saturated rings. The van der Waals surface area contributed by atoms with Gasteiger partial charge in [0.25, 0.3) is 5.91 Å². The number of rotatable bonds is 7. The Morgan fingerprint density at radius 1 is 1.41 bits per heavy atom. The minimum absolute atomic E-state index is 0.136. The van der Waals surface area contributed by atoms with Crippen LogP contribution < -0.4 is 5.32 Å². The van der Waals surface area contributed by atoms with Gasteiger partial charge in [-0.3, -0.25) is 9.89 Å². The Balaban J connectivity index is 1.90. The van der Waals surface area contributed by atoms with Crippen molar-refractivity contribution in [2.45, 2.75) is 26.9 Å². The number of aromatic amines is 1. The van der Waals surface area contributed by atoms with E-state index in [-0.39, 0.29) is 19.1 Å². The number of fused-ring (bicyclic) bond motifs is 1. The number of hydrogen-bond donors (Lipinski definition) is 3. The first-order valence-corrected chi connectivity index (χ1v) is 7.46.